The molecule has 0 amide bonds. The van der Waals surface area contributed by atoms with Crippen LogP contribution in [0, 0.1) is 22.4 Å². The van der Waals surface area contributed by atoms with E-state index in [0.29, 0.717) is 24.3 Å². The maximum atomic E-state index is 10.6. The number of aryl methyl sites for hydroxylation is 1. The molecule has 0 atom stereocenters. The van der Waals surface area contributed by atoms with Crippen molar-refractivity contribution in [2.45, 2.75) is 26.2 Å². The zero-order valence-electron chi connectivity index (χ0n) is 10.3. The van der Waals surface area contributed by atoms with Gasteiger partial charge in [-0.2, -0.15) is 0 Å². The summed E-state index contributed by atoms with van der Waals surface area (Å²) in [6.45, 7) is 2.20. The Morgan fingerprint density at radius 2 is 2.22 bits per heavy atom. The largest absolute Gasteiger partial charge is 0.494 e. The topological polar surface area (TPSA) is 102 Å². The third kappa shape index (κ3) is 4.40. The van der Waals surface area contributed by atoms with Crippen LogP contribution in [0.5, 0.6) is 5.75 Å². The summed E-state index contributed by atoms with van der Waals surface area (Å²) in [6, 6.07) is 4.69. The number of rotatable bonds is 7. The minimum absolute atomic E-state index is 0.0962. The SMILES string of the molecule is Cc1cc(OCCCCC(=N)N)ccc1[N+](=O)[O-]. The molecule has 6 heteroatoms. The van der Waals surface area contributed by atoms with Gasteiger partial charge in [0, 0.05) is 18.1 Å². The molecule has 1 rings (SSSR count). The van der Waals surface area contributed by atoms with Crippen LogP contribution in [0.25, 0.3) is 0 Å². The number of amidine groups is 1. The van der Waals surface area contributed by atoms with Crippen LogP contribution >= 0.6 is 0 Å². The van der Waals surface area contributed by atoms with Gasteiger partial charge in [-0.05, 0) is 31.9 Å². The predicted molar refractivity (Wildman–Crippen MR) is 69.1 cm³/mol. The van der Waals surface area contributed by atoms with Gasteiger partial charge in [0.2, 0.25) is 0 Å². The molecule has 1 aromatic rings. The van der Waals surface area contributed by atoms with Crippen molar-refractivity contribution in [3.05, 3.63) is 33.9 Å². The Morgan fingerprint density at radius 3 is 2.78 bits per heavy atom. The summed E-state index contributed by atoms with van der Waals surface area (Å²) in [7, 11) is 0. The normalized spacial score (nSPS) is 10.1. The van der Waals surface area contributed by atoms with E-state index in [0.717, 1.165) is 12.8 Å². The average molecular weight is 251 g/mol. The van der Waals surface area contributed by atoms with Crippen molar-refractivity contribution in [3.63, 3.8) is 0 Å². The second kappa shape index (κ2) is 6.58. The first kappa shape index (κ1) is 14.0. The predicted octanol–water partition coefficient (Wildman–Crippen LogP) is 2.39. The standard InChI is InChI=1S/C12H17N3O3/c1-9-8-10(5-6-11(9)15(16)17)18-7-3-2-4-12(13)14/h5-6,8H,2-4,7H2,1H3,(H3,13,14). The van der Waals surface area contributed by atoms with Crippen molar-refractivity contribution in [1.82, 2.24) is 0 Å². The number of hydrogen-bond donors (Lipinski definition) is 2. The number of ether oxygens (including phenoxy) is 1. The quantitative estimate of drug-likeness (QED) is 0.255. The number of nitrogens with two attached hydrogens (primary N) is 1. The fourth-order valence-electron chi connectivity index (χ4n) is 1.53. The summed E-state index contributed by atoms with van der Waals surface area (Å²) >= 11 is 0. The van der Waals surface area contributed by atoms with E-state index >= 15 is 0 Å². The molecular weight excluding hydrogens is 234 g/mol. The Hall–Kier alpha value is -2.11. The molecule has 6 nitrogen and oxygen atoms in total. The summed E-state index contributed by atoms with van der Waals surface area (Å²) in [5.41, 5.74) is 5.91. The Kier molecular flexibility index (Phi) is 5.10. The zero-order valence-corrected chi connectivity index (χ0v) is 10.3. The van der Waals surface area contributed by atoms with Crippen LogP contribution in [0.2, 0.25) is 0 Å². The smallest absolute Gasteiger partial charge is 0.272 e. The molecule has 0 aliphatic carbocycles. The van der Waals surface area contributed by atoms with Crippen molar-refractivity contribution < 1.29 is 9.66 Å². The number of hydrogen-bond acceptors (Lipinski definition) is 4. The van der Waals surface area contributed by atoms with Gasteiger partial charge in [0.25, 0.3) is 5.69 Å². The maximum Gasteiger partial charge on any atom is 0.272 e. The summed E-state index contributed by atoms with van der Waals surface area (Å²) in [6.07, 6.45) is 2.18. The fourth-order valence-corrected chi connectivity index (χ4v) is 1.53. The van der Waals surface area contributed by atoms with Gasteiger partial charge in [0.1, 0.15) is 5.75 Å². The van der Waals surface area contributed by atoms with Crippen LogP contribution in [0.4, 0.5) is 5.69 Å². The molecule has 18 heavy (non-hydrogen) atoms. The van der Waals surface area contributed by atoms with Crippen LogP contribution in [0.15, 0.2) is 18.2 Å². The molecule has 0 fully saturated rings. The summed E-state index contributed by atoms with van der Waals surface area (Å²) in [5, 5.41) is 17.7. The molecule has 0 heterocycles. The first-order valence-electron chi connectivity index (χ1n) is 5.71. The molecule has 0 bridgehead atoms. The van der Waals surface area contributed by atoms with Gasteiger partial charge >= 0.3 is 0 Å². The molecule has 3 N–H and O–H groups in total. The number of nitrogens with one attached hydrogen (secondary N) is 1. The van der Waals surface area contributed by atoms with Gasteiger partial charge in [-0.15, -0.1) is 0 Å². The van der Waals surface area contributed by atoms with Crippen LogP contribution in [0.1, 0.15) is 24.8 Å². The first-order valence-corrected chi connectivity index (χ1v) is 5.71. The Bertz CT molecular complexity index is 446. The molecule has 0 saturated carbocycles. The number of nitro groups is 1. The maximum absolute atomic E-state index is 10.6. The molecule has 0 aromatic heterocycles. The molecule has 1 aromatic carbocycles. The van der Waals surface area contributed by atoms with Crippen molar-refractivity contribution in [3.8, 4) is 5.75 Å². The second-order valence-corrected chi connectivity index (χ2v) is 4.04. The highest BCUT2D eigenvalue weighted by molar-refractivity contribution is 5.76. The van der Waals surface area contributed by atoms with E-state index in [-0.39, 0.29) is 11.5 Å². The van der Waals surface area contributed by atoms with E-state index in [9.17, 15) is 10.1 Å². The van der Waals surface area contributed by atoms with Crippen molar-refractivity contribution >= 4 is 11.5 Å². The molecule has 0 unspecified atom stereocenters. The zero-order chi connectivity index (χ0) is 13.5. The lowest BCUT2D eigenvalue weighted by Gasteiger charge is -2.06. The number of benzene rings is 1. The van der Waals surface area contributed by atoms with E-state index in [2.05, 4.69) is 0 Å². The molecule has 0 saturated heterocycles. The van der Waals surface area contributed by atoms with Gasteiger partial charge in [0.05, 0.1) is 17.4 Å². The summed E-state index contributed by atoms with van der Waals surface area (Å²) < 4.78 is 5.47. The van der Waals surface area contributed by atoms with Gasteiger partial charge in [-0.25, -0.2) is 0 Å². The minimum Gasteiger partial charge on any atom is -0.494 e. The van der Waals surface area contributed by atoms with Crippen molar-refractivity contribution in [2.24, 2.45) is 5.73 Å². The first-order chi connectivity index (χ1) is 8.50. The number of nitrogens with zero attached hydrogens (tertiary/aromatic N) is 1. The molecule has 98 valence electrons. The van der Waals surface area contributed by atoms with Crippen molar-refractivity contribution in [1.29, 1.82) is 5.41 Å². The van der Waals surface area contributed by atoms with E-state index in [4.69, 9.17) is 15.9 Å². The van der Waals surface area contributed by atoms with Gasteiger partial charge in [-0.3, -0.25) is 15.5 Å². The monoisotopic (exact) mass is 251 g/mol. The highest BCUT2D eigenvalue weighted by Gasteiger charge is 2.10. The fraction of sp³-hybridized carbons (Fsp3) is 0.417. The van der Waals surface area contributed by atoms with Crippen LogP contribution in [0.3, 0.4) is 0 Å². The molecule has 0 aliphatic rings. The van der Waals surface area contributed by atoms with Gasteiger partial charge in [-0.1, -0.05) is 0 Å². The Labute approximate surface area is 105 Å². The van der Waals surface area contributed by atoms with E-state index in [1.807, 2.05) is 0 Å². The Morgan fingerprint density at radius 1 is 1.50 bits per heavy atom. The molecule has 0 aliphatic heterocycles. The van der Waals surface area contributed by atoms with Crippen LogP contribution in [-0.4, -0.2) is 17.4 Å². The number of nitro benzene ring substituents is 1. The van der Waals surface area contributed by atoms with Gasteiger partial charge < -0.3 is 10.5 Å². The van der Waals surface area contributed by atoms with Crippen LogP contribution < -0.4 is 10.5 Å². The third-order valence-electron chi connectivity index (χ3n) is 2.47. The molecular formula is C12H17N3O3. The summed E-state index contributed by atoms with van der Waals surface area (Å²) in [5.74, 6) is 0.808. The highest BCUT2D eigenvalue weighted by Crippen LogP contribution is 2.23. The van der Waals surface area contributed by atoms with E-state index < -0.39 is 4.92 Å². The van der Waals surface area contributed by atoms with Crippen molar-refractivity contribution in [2.75, 3.05) is 6.61 Å². The highest BCUT2D eigenvalue weighted by atomic mass is 16.6. The lowest BCUT2D eigenvalue weighted by atomic mass is 10.2. The van der Waals surface area contributed by atoms with Crippen LogP contribution in [-0.2, 0) is 0 Å². The minimum atomic E-state index is -0.411. The second-order valence-electron chi connectivity index (χ2n) is 4.04. The summed E-state index contributed by atoms with van der Waals surface area (Å²) in [4.78, 5) is 10.2. The lowest BCUT2D eigenvalue weighted by Crippen LogP contribution is -2.09. The Balaban J connectivity index is 2.42. The van der Waals surface area contributed by atoms with E-state index in [1.165, 1.54) is 6.07 Å². The average Bonchev–Trinajstić information content (AvgIpc) is 2.27. The van der Waals surface area contributed by atoms with Gasteiger partial charge in [0.15, 0.2) is 0 Å². The molecule has 0 spiro atoms. The lowest BCUT2D eigenvalue weighted by molar-refractivity contribution is -0.385. The molecule has 0 radical (unpaired) electrons. The number of unbranched alkanes of at least 4 members (excludes halogenated alkanes) is 1. The van der Waals surface area contributed by atoms with E-state index in [1.54, 1.807) is 19.1 Å². The third-order valence-corrected chi connectivity index (χ3v) is 2.47.